The van der Waals surface area contributed by atoms with Gasteiger partial charge in [-0.25, -0.2) is 13.4 Å². The van der Waals surface area contributed by atoms with Crippen molar-refractivity contribution in [1.29, 1.82) is 5.26 Å². The molecular formula is C14H9N3O2S2. The van der Waals surface area contributed by atoms with Crippen LogP contribution in [0.2, 0.25) is 0 Å². The van der Waals surface area contributed by atoms with Crippen LogP contribution < -0.4 is 4.72 Å². The molecule has 1 heterocycles. The molecule has 0 saturated heterocycles. The number of nitrogens with zero attached hydrogens (tertiary/aromatic N) is 2. The van der Waals surface area contributed by atoms with E-state index in [-0.39, 0.29) is 4.90 Å². The molecule has 3 aromatic rings. The fraction of sp³-hybridized carbons (Fsp3) is 0. The molecule has 0 amide bonds. The maximum absolute atomic E-state index is 12.3. The van der Waals surface area contributed by atoms with Crippen molar-refractivity contribution < 1.29 is 8.42 Å². The van der Waals surface area contributed by atoms with Crippen molar-refractivity contribution >= 4 is 37.3 Å². The first-order chi connectivity index (χ1) is 10.1. The van der Waals surface area contributed by atoms with Crippen molar-refractivity contribution in [3.63, 3.8) is 0 Å². The highest BCUT2D eigenvalue weighted by atomic mass is 32.2. The van der Waals surface area contributed by atoms with Crippen LogP contribution >= 0.6 is 11.3 Å². The van der Waals surface area contributed by atoms with Crippen LogP contribution in [0.5, 0.6) is 0 Å². The lowest BCUT2D eigenvalue weighted by molar-refractivity contribution is 0.601. The van der Waals surface area contributed by atoms with Crippen molar-refractivity contribution in [2.24, 2.45) is 0 Å². The van der Waals surface area contributed by atoms with Gasteiger partial charge < -0.3 is 0 Å². The summed E-state index contributed by atoms with van der Waals surface area (Å²) in [5.74, 6) is 0. The molecule has 3 rings (SSSR count). The second-order valence-corrected chi connectivity index (χ2v) is 6.85. The third-order valence-electron chi connectivity index (χ3n) is 2.88. The second-order valence-electron chi connectivity index (χ2n) is 4.28. The van der Waals surface area contributed by atoms with Crippen molar-refractivity contribution in [1.82, 2.24) is 4.98 Å². The van der Waals surface area contributed by atoms with Gasteiger partial charge in [-0.2, -0.15) is 5.26 Å². The normalized spacial score (nSPS) is 11.2. The number of nitriles is 1. The average molecular weight is 315 g/mol. The zero-order chi connectivity index (χ0) is 14.9. The standard InChI is InChI=1S/C14H9N3O2S2/c15-8-10-1-4-12(5-2-10)21(18,19)17-11-3-6-13-14(7-11)20-9-16-13/h1-7,9,17H. The number of benzene rings is 2. The van der Waals surface area contributed by atoms with Gasteiger partial charge in [0.1, 0.15) is 0 Å². The summed E-state index contributed by atoms with van der Waals surface area (Å²) in [6.45, 7) is 0. The predicted molar refractivity (Wildman–Crippen MR) is 81.6 cm³/mol. The zero-order valence-corrected chi connectivity index (χ0v) is 12.3. The monoisotopic (exact) mass is 315 g/mol. The van der Waals surface area contributed by atoms with Gasteiger partial charge in [0.05, 0.1) is 37.9 Å². The molecule has 0 aliphatic carbocycles. The lowest BCUT2D eigenvalue weighted by Crippen LogP contribution is -2.12. The lowest BCUT2D eigenvalue weighted by Gasteiger charge is -2.08. The van der Waals surface area contributed by atoms with Gasteiger partial charge in [0, 0.05) is 0 Å². The van der Waals surface area contributed by atoms with Crippen LogP contribution in [0.25, 0.3) is 10.2 Å². The molecule has 5 nitrogen and oxygen atoms in total. The Kier molecular flexibility index (Phi) is 3.33. The Morgan fingerprint density at radius 1 is 1.14 bits per heavy atom. The van der Waals surface area contributed by atoms with E-state index in [1.165, 1.54) is 35.6 Å². The van der Waals surface area contributed by atoms with E-state index in [2.05, 4.69) is 9.71 Å². The third kappa shape index (κ3) is 2.72. The average Bonchev–Trinajstić information content (AvgIpc) is 2.94. The van der Waals surface area contributed by atoms with Gasteiger partial charge in [-0.1, -0.05) is 0 Å². The molecule has 0 bridgehead atoms. The minimum atomic E-state index is -3.67. The minimum Gasteiger partial charge on any atom is -0.280 e. The molecular weight excluding hydrogens is 306 g/mol. The maximum Gasteiger partial charge on any atom is 0.261 e. The molecule has 21 heavy (non-hydrogen) atoms. The smallest absolute Gasteiger partial charge is 0.261 e. The van der Waals surface area contributed by atoms with Crippen molar-refractivity contribution in [2.75, 3.05) is 4.72 Å². The summed E-state index contributed by atoms with van der Waals surface area (Å²) < 4.78 is 28.0. The largest absolute Gasteiger partial charge is 0.280 e. The molecule has 0 spiro atoms. The number of hydrogen-bond acceptors (Lipinski definition) is 5. The summed E-state index contributed by atoms with van der Waals surface area (Å²) in [6.07, 6.45) is 0. The highest BCUT2D eigenvalue weighted by molar-refractivity contribution is 7.92. The van der Waals surface area contributed by atoms with Crippen LogP contribution in [-0.2, 0) is 10.0 Å². The van der Waals surface area contributed by atoms with Gasteiger partial charge in [-0.05, 0) is 42.5 Å². The predicted octanol–water partition coefficient (Wildman–Crippen LogP) is 2.97. The second kappa shape index (κ2) is 5.16. The summed E-state index contributed by atoms with van der Waals surface area (Å²) in [5.41, 5.74) is 3.45. The number of fused-ring (bicyclic) bond motifs is 1. The first-order valence-corrected chi connectivity index (χ1v) is 8.31. The van der Waals surface area contributed by atoms with Crippen LogP contribution in [0.3, 0.4) is 0 Å². The number of anilines is 1. The van der Waals surface area contributed by atoms with Crippen LogP contribution in [0.15, 0.2) is 52.9 Å². The Labute approximate surface area is 125 Å². The Morgan fingerprint density at radius 2 is 1.90 bits per heavy atom. The van der Waals surface area contributed by atoms with E-state index >= 15 is 0 Å². The summed E-state index contributed by atoms with van der Waals surface area (Å²) in [7, 11) is -3.67. The van der Waals surface area contributed by atoms with Gasteiger partial charge >= 0.3 is 0 Å². The van der Waals surface area contributed by atoms with Crippen LogP contribution in [-0.4, -0.2) is 13.4 Å². The molecule has 0 atom stereocenters. The molecule has 1 N–H and O–H groups in total. The number of aromatic nitrogens is 1. The van der Waals surface area contributed by atoms with E-state index in [4.69, 9.17) is 5.26 Å². The maximum atomic E-state index is 12.3. The quantitative estimate of drug-likeness (QED) is 0.805. The zero-order valence-electron chi connectivity index (χ0n) is 10.6. The van der Waals surface area contributed by atoms with Crippen molar-refractivity contribution in [3.8, 4) is 6.07 Å². The van der Waals surface area contributed by atoms with E-state index in [0.29, 0.717) is 11.3 Å². The Hall–Kier alpha value is -2.43. The summed E-state index contributed by atoms with van der Waals surface area (Å²) in [6, 6.07) is 12.9. The van der Waals surface area contributed by atoms with Gasteiger partial charge in [-0.15, -0.1) is 11.3 Å². The molecule has 104 valence electrons. The molecule has 7 heteroatoms. The highest BCUT2D eigenvalue weighted by Crippen LogP contribution is 2.23. The molecule has 1 aromatic heterocycles. The first-order valence-electron chi connectivity index (χ1n) is 5.95. The van der Waals surface area contributed by atoms with Crippen LogP contribution in [0.4, 0.5) is 5.69 Å². The number of rotatable bonds is 3. The number of sulfonamides is 1. The van der Waals surface area contributed by atoms with Crippen molar-refractivity contribution in [3.05, 3.63) is 53.5 Å². The van der Waals surface area contributed by atoms with Gasteiger partial charge in [0.25, 0.3) is 10.0 Å². The SMILES string of the molecule is N#Cc1ccc(S(=O)(=O)Nc2ccc3ncsc3c2)cc1. The van der Waals surface area contributed by atoms with E-state index < -0.39 is 10.0 Å². The number of hydrogen-bond donors (Lipinski definition) is 1. The molecule has 0 fully saturated rings. The third-order valence-corrected chi connectivity index (χ3v) is 5.07. The summed E-state index contributed by atoms with van der Waals surface area (Å²) in [5, 5.41) is 8.73. The van der Waals surface area contributed by atoms with E-state index in [9.17, 15) is 8.42 Å². The van der Waals surface area contributed by atoms with Crippen LogP contribution in [0.1, 0.15) is 5.56 Å². The topological polar surface area (TPSA) is 82.8 Å². The molecule has 2 aromatic carbocycles. The molecule has 0 aliphatic rings. The lowest BCUT2D eigenvalue weighted by atomic mass is 10.2. The van der Waals surface area contributed by atoms with Crippen LogP contribution in [0, 0.1) is 11.3 Å². The highest BCUT2D eigenvalue weighted by Gasteiger charge is 2.14. The molecule has 0 saturated carbocycles. The van der Waals surface area contributed by atoms with Gasteiger partial charge in [0.15, 0.2) is 0 Å². The summed E-state index contributed by atoms with van der Waals surface area (Å²) in [4.78, 5) is 4.26. The molecule has 0 aliphatic heterocycles. The molecule has 0 radical (unpaired) electrons. The summed E-state index contributed by atoms with van der Waals surface area (Å²) >= 11 is 1.45. The Bertz CT molecular complexity index is 938. The minimum absolute atomic E-state index is 0.117. The Morgan fingerprint density at radius 3 is 2.62 bits per heavy atom. The van der Waals surface area contributed by atoms with E-state index in [0.717, 1.165) is 10.2 Å². The molecule has 0 unspecified atom stereocenters. The van der Waals surface area contributed by atoms with Gasteiger partial charge in [0.2, 0.25) is 0 Å². The van der Waals surface area contributed by atoms with E-state index in [1.807, 2.05) is 6.07 Å². The van der Waals surface area contributed by atoms with E-state index in [1.54, 1.807) is 23.7 Å². The fourth-order valence-electron chi connectivity index (χ4n) is 1.84. The number of thiazole rings is 1. The number of nitrogens with one attached hydrogen (secondary N) is 1. The first kappa shape index (κ1) is 13.5. The van der Waals surface area contributed by atoms with Crippen molar-refractivity contribution in [2.45, 2.75) is 4.90 Å². The fourth-order valence-corrected chi connectivity index (χ4v) is 3.61. The van der Waals surface area contributed by atoms with Gasteiger partial charge in [-0.3, -0.25) is 4.72 Å². The Balaban J connectivity index is 1.92.